The lowest BCUT2D eigenvalue weighted by Gasteiger charge is -2.12. The molecule has 0 saturated heterocycles. The Morgan fingerprint density at radius 3 is 1.71 bits per heavy atom. The van der Waals surface area contributed by atoms with Crippen LogP contribution in [0.2, 0.25) is 0 Å². The van der Waals surface area contributed by atoms with E-state index < -0.39 is 0 Å². The Bertz CT molecular complexity index is 177. The highest BCUT2D eigenvalue weighted by Crippen LogP contribution is 2.17. The molecule has 0 aromatic heterocycles. The van der Waals surface area contributed by atoms with Crippen LogP contribution in [0, 0.1) is 5.92 Å². The normalized spacial score (nSPS) is 10.6. The Labute approximate surface area is 87.1 Å². The standard InChI is InChI=1S/C12H22O2/c1-4-6-8-11(9-7-5-2)12(14)10(3)13/h11H,4-9H2,1-3H3. The molecule has 2 nitrogen and oxygen atoms in total. The van der Waals surface area contributed by atoms with E-state index in [4.69, 9.17) is 0 Å². The fraction of sp³-hybridized carbons (Fsp3) is 0.833. The van der Waals surface area contributed by atoms with Crippen LogP contribution in [0.3, 0.4) is 0 Å². The number of rotatable bonds is 8. The third-order valence-electron chi connectivity index (χ3n) is 2.53. The summed E-state index contributed by atoms with van der Waals surface area (Å²) in [5.41, 5.74) is 0. The van der Waals surface area contributed by atoms with Crippen molar-refractivity contribution in [1.82, 2.24) is 0 Å². The van der Waals surface area contributed by atoms with E-state index in [-0.39, 0.29) is 17.5 Å². The van der Waals surface area contributed by atoms with Crippen LogP contribution in [0.4, 0.5) is 0 Å². The quantitative estimate of drug-likeness (QED) is 0.561. The van der Waals surface area contributed by atoms with E-state index in [2.05, 4.69) is 13.8 Å². The molecule has 0 aliphatic heterocycles. The molecule has 14 heavy (non-hydrogen) atoms. The van der Waals surface area contributed by atoms with Gasteiger partial charge in [0.15, 0.2) is 5.78 Å². The van der Waals surface area contributed by atoms with E-state index in [1.165, 1.54) is 6.92 Å². The van der Waals surface area contributed by atoms with E-state index in [0.717, 1.165) is 38.5 Å². The Morgan fingerprint density at radius 2 is 1.43 bits per heavy atom. The molecule has 0 aromatic rings. The Morgan fingerprint density at radius 1 is 1.00 bits per heavy atom. The molecule has 0 radical (unpaired) electrons. The van der Waals surface area contributed by atoms with Gasteiger partial charge in [-0.05, 0) is 12.8 Å². The van der Waals surface area contributed by atoms with Gasteiger partial charge in [0.25, 0.3) is 0 Å². The molecule has 0 amide bonds. The lowest BCUT2D eigenvalue weighted by molar-refractivity contribution is -0.138. The van der Waals surface area contributed by atoms with Crippen molar-refractivity contribution < 1.29 is 9.59 Å². The van der Waals surface area contributed by atoms with Crippen LogP contribution < -0.4 is 0 Å². The summed E-state index contributed by atoms with van der Waals surface area (Å²) in [7, 11) is 0. The monoisotopic (exact) mass is 198 g/mol. The van der Waals surface area contributed by atoms with Crippen molar-refractivity contribution in [1.29, 1.82) is 0 Å². The molecule has 0 rings (SSSR count). The van der Waals surface area contributed by atoms with E-state index in [1.807, 2.05) is 0 Å². The molecule has 0 spiro atoms. The third-order valence-corrected chi connectivity index (χ3v) is 2.53. The summed E-state index contributed by atoms with van der Waals surface area (Å²) in [6.45, 7) is 5.59. The van der Waals surface area contributed by atoms with Gasteiger partial charge in [-0.15, -0.1) is 0 Å². The highest BCUT2D eigenvalue weighted by Gasteiger charge is 2.20. The van der Waals surface area contributed by atoms with Gasteiger partial charge in [0.2, 0.25) is 5.78 Å². The Balaban J connectivity index is 4.08. The molecule has 2 heteroatoms. The van der Waals surface area contributed by atoms with Crippen LogP contribution in [-0.2, 0) is 9.59 Å². The van der Waals surface area contributed by atoms with Crippen molar-refractivity contribution in [2.45, 2.75) is 59.3 Å². The molecule has 0 atom stereocenters. The molecule has 0 N–H and O–H groups in total. The smallest absolute Gasteiger partial charge is 0.201 e. The van der Waals surface area contributed by atoms with Gasteiger partial charge in [-0.3, -0.25) is 9.59 Å². The van der Waals surface area contributed by atoms with Crippen molar-refractivity contribution in [2.75, 3.05) is 0 Å². The van der Waals surface area contributed by atoms with Crippen molar-refractivity contribution >= 4 is 11.6 Å². The van der Waals surface area contributed by atoms with Gasteiger partial charge in [0, 0.05) is 12.8 Å². The SMILES string of the molecule is CCCCC(CCCC)C(=O)C(C)=O. The number of carbonyl (C=O) groups excluding carboxylic acids is 2. The first-order chi connectivity index (χ1) is 6.63. The first-order valence-electron chi connectivity index (χ1n) is 5.68. The van der Waals surface area contributed by atoms with Crippen LogP contribution in [0.15, 0.2) is 0 Å². The third kappa shape index (κ3) is 5.15. The van der Waals surface area contributed by atoms with Gasteiger partial charge >= 0.3 is 0 Å². The number of hydrogen-bond acceptors (Lipinski definition) is 2. The molecular formula is C12H22O2. The van der Waals surface area contributed by atoms with Crippen molar-refractivity contribution in [3.05, 3.63) is 0 Å². The summed E-state index contributed by atoms with van der Waals surface area (Å²) in [5, 5.41) is 0. The maximum Gasteiger partial charge on any atom is 0.201 e. The molecule has 0 aromatic carbocycles. The van der Waals surface area contributed by atoms with Crippen LogP contribution in [0.1, 0.15) is 59.3 Å². The maximum atomic E-state index is 11.5. The number of Topliss-reactive ketones (excluding diaryl/α,β-unsaturated/α-hetero) is 2. The van der Waals surface area contributed by atoms with E-state index >= 15 is 0 Å². The molecule has 82 valence electrons. The van der Waals surface area contributed by atoms with Crippen molar-refractivity contribution in [3.8, 4) is 0 Å². The number of ketones is 2. The Kier molecular flexibility index (Phi) is 7.35. The molecule has 0 unspecified atom stereocenters. The first kappa shape index (κ1) is 13.3. The highest BCUT2D eigenvalue weighted by molar-refractivity contribution is 6.37. The zero-order valence-electron chi connectivity index (χ0n) is 9.64. The molecule has 0 aliphatic rings. The number of unbranched alkanes of at least 4 members (excludes halogenated alkanes) is 2. The highest BCUT2D eigenvalue weighted by atomic mass is 16.2. The summed E-state index contributed by atoms with van der Waals surface area (Å²) in [6.07, 6.45) is 6.05. The van der Waals surface area contributed by atoms with Crippen LogP contribution in [0.25, 0.3) is 0 Å². The van der Waals surface area contributed by atoms with Crippen molar-refractivity contribution in [3.63, 3.8) is 0 Å². The van der Waals surface area contributed by atoms with Gasteiger partial charge in [0.1, 0.15) is 0 Å². The van der Waals surface area contributed by atoms with E-state index in [9.17, 15) is 9.59 Å². The van der Waals surface area contributed by atoms with Gasteiger partial charge in [-0.25, -0.2) is 0 Å². The molecule has 0 aliphatic carbocycles. The second kappa shape index (κ2) is 7.72. The summed E-state index contributed by atoms with van der Waals surface area (Å²) in [4.78, 5) is 22.5. The minimum Gasteiger partial charge on any atom is -0.291 e. The summed E-state index contributed by atoms with van der Waals surface area (Å²) >= 11 is 0. The largest absolute Gasteiger partial charge is 0.291 e. The first-order valence-corrected chi connectivity index (χ1v) is 5.68. The zero-order valence-corrected chi connectivity index (χ0v) is 9.64. The fourth-order valence-corrected chi connectivity index (χ4v) is 1.60. The zero-order chi connectivity index (χ0) is 11.0. The van der Waals surface area contributed by atoms with Gasteiger partial charge < -0.3 is 0 Å². The van der Waals surface area contributed by atoms with Crippen LogP contribution >= 0.6 is 0 Å². The molecule has 0 fully saturated rings. The second-order valence-electron chi connectivity index (χ2n) is 3.90. The minimum atomic E-state index is -0.276. The molecular weight excluding hydrogens is 176 g/mol. The molecule has 0 heterocycles. The predicted molar refractivity (Wildman–Crippen MR) is 58.2 cm³/mol. The molecule has 0 saturated carbocycles. The van der Waals surface area contributed by atoms with Gasteiger partial charge in [-0.2, -0.15) is 0 Å². The van der Waals surface area contributed by atoms with E-state index in [1.54, 1.807) is 0 Å². The topological polar surface area (TPSA) is 34.1 Å². The average molecular weight is 198 g/mol. The van der Waals surface area contributed by atoms with Crippen LogP contribution in [0.5, 0.6) is 0 Å². The fourth-order valence-electron chi connectivity index (χ4n) is 1.60. The second-order valence-corrected chi connectivity index (χ2v) is 3.90. The Hall–Kier alpha value is -0.660. The van der Waals surface area contributed by atoms with Gasteiger partial charge in [0.05, 0.1) is 0 Å². The average Bonchev–Trinajstić information content (AvgIpc) is 2.17. The minimum absolute atomic E-state index is 0.00704. The maximum absolute atomic E-state index is 11.5. The van der Waals surface area contributed by atoms with Gasteiger partial charge in [-0.1, -0.05) is 39.5 Å². The summed E-state index contributed by atoms with van der Waals surface area (Å²) in [5.74, 6) is -0.443. The molecule has 0 bridgehead atoms. The van der Waals surface area contributed by atoms with E-state index in [0.29, 0.717) is 0 Å². The summed E-state index contributed by atoms with van der Waals surface area (Å²) in [6, 6.07) is 0. The number of hydrogen-bond donors (Lipinski definition) is 0. The van der Waals surface area contributed by atoms with Crippen molar-refractivity contribution in [2.24, 2.45) is 5.92 Å². The lowest BCUT2D eigenvalue weighted by Crippen LogP contribution is -2.21. The summed E-state index contributed by atoms with van der Waals surface area (Å²) < 4.78 is 0. The predicted octanol–water partition coefficient (Wildman–Crippen LogP) is 3.14. The number of carbonyl (C=O) groups is 2. The lowest BCUT2D eigenvalue weighted by atomic mass is 9.90. The van der Waals surface area contributed by atoms with Crippen LogP contribution in [-0.4, -0.2) is 11.6 Å².